The minimum atomic E-state index is -3.16. The fourth-order valence-corrected chi connectivity index (χ4v) is 5.78. The predicted molar refractivity (Wildman–Crippen MR) is 97.8 cm³/mol. The van der Waals surface area contributed by atoms with Crippen molar-refractivity contribution >= 4 is 15.9 Å². The molecule has 0 aromatic rings. The first-order valence-corrected chi connectivity index (χ1v) is 11.1. The molecule has 144 valence electrons. The van der Waals surface area contributed by atoms with Crippen LogP contribution in [0, 0.1) is 0 Å². The number of rotatable bonds is 2. The standard InChI is InChI=1S/C17H32N4O3S/c1-14(22)18-7-5-15(6-8-18)19-9-10-21-16(11-19)12-20(25(4,23)24)13-17(21,2)3/h15-16H,5-13H2,1-4H3/t16-/m0/s1. The van der Waals surface area contributed by atoms with Gasteiger partial charge in [0.1, 0.15) is 0 Å². The number of hydrogen-bond donors (Lipinski definition) is 0. The molecule has 0 aromatic carbocycles. The largest absolute Gasteiger partial charge is 0.343 e. The number of hydrogen-bond acceptors (Lipinski definition) is 5. The zero-order chi connectivity index (χ0) is 18.4. The van der Waals surface area contributed by atoms with Crippen molar-refractivity contribution in [1.82, 2.24) is 19.0 Å². The van der Waals surface area contributed by atoms with Crippen LogP contribution in [0.2, 0.25) is 0 Å². The fraction of sp³-hybridized carbons (Fsp3) is 0.941. The molecule has 3 fully saturated rings. The summed E-state index contributed by atoms with van der Waals surface area (Å²) in [5.41, 5.74) is -0.129. The van der Waals surface area contributed by atoms with Gasteiger partial charge in [0.25, 0.3) is 0 Å². The molecule has 0 N–H and O–H groups in total. The first-order chi connectivity index (χ1) is 11.6. The van der Waals surface area contributed by atoms with Gasteiger partial charge in [0.05, 0.1) is 6.26 Å². The van der Waals surface area contributed by atoms with E-state index in [1.807, 2.05) is 4.90 Å². The monoisotopic (exact) mass is 372 g/mol. The number of piperidine rings is 1. The molecule has 1 atom stereocenters. The first kappa shape index (κ1) is 19.1. The summed E-state index contributed by atoms with van der Waals surface area (Å²) in [5.74, 6) is 0.168. The lowest BCUT2D eigenvalue weighted by molar-refractivity contribution is -0.130. The Morgan fingerprint density at radius 3 is 2.20 bits per heavy atom. The van der Waals surface area contributed by atoms with Gasteiger partial charge < -0.3 is 4.90 Å². The number of fused-ring (bicyclic) bond motifs is 1. The SMILES string of the molecule is CC(=O)N1CCC(N2CCN3[C@@H](C2)CN(S(C)(=O)=O)CC3(C)C)CC1. The van der Waals surface area contributed by atoms with E-state index in [0.717, 1.165) is 45.6 Å². The van der Waals surface area contributed by atoms with Crippen molar-refractivity contribution in [3.8, 4) is 0 Å². The van der Waals surface area contributed by atoms with Gasteiger partial charge in [-0.2, -0.15) is 4.31 Å². The molecule has 0 radical (unpaired) electrons. The van der Waals surface area contributed by atoms with Gasteiger partial charge >= 0.3 is 0 Å². The van der Waals surface area contributed by atoms with E-state index in [-0.39, 0.29) is 17.5 Å². The molecule has 7 nitrogen and oxygen atoms in total. The highest BCUT2D eigenvalue weighted by Crippen LogP contribution is 2.31. The minimum Gasteiger partial charge on any atom is -0.343 e. The number of likely N-dealkylation sites (tertiary alicyclic amines) is 1. The van der Waals surface area contributed by atoms with E-state index in [1.165, 1.54) is 6.26 Å². The highest BCUT2D eigenvalue weighted by molar-refractivity contribution is 7.88. The topological polar surface area (TPSA) is 64.2 Å². The Hall–Kier alpha value is -0.700. The van der Waals surface area contributed by atoms with Crippen molar-refractivity contribution in [1.29, 1.82) is 0 Å². The zero-order valence-electron chi connectivity index (χ0n) is 15.9. The third-order valence-electron chi connectivity index (χ3n) is 6.16. The number of sulfonamides is 1. The number of amides is 1. The molecule has 3 aliphatic rings. The average molecular weight is 373 g/mol. The van der Waals surface area contributed by atoms with Gasteiger partial charge in [-0.05, 0) is 26.7 Å². The lowest BCUT2D eigenvalue weighted by Crippen LogP contribution is -2.71. The predicted octanol–water partition coefficient (Wildman–Crippen LogP) is 0.0373. The Balaban J connectivity index is 1.66. The van der Waals surface area contributed by atoms with Crippen LogP contribution < -0.4 is 0 Å². The Morgan fingerprint density at radius 2 is 1.64 bits per heavy atom. The van der Waals surface area contributed by atoms with Crippen LogP contribution in [0.4, 0.5) is 0 Å². The maximum Gasteiger partial charge on any atom is 0.219 e. The van der Waals surface area contributed by atoms with Crippen LogP contribution in [0.5, 0.6) is 0 Å². The Bertz CT molecular complexity index is 613. The summed E-state index contributed by atoms with van der Waals surface area (Å²) in [6.45, 7) is 11.7. The molecule has 3 saturated heterocycles. The van der Waals surface area contributed by atoms with E-state index < -0.39 is 10.0 Å². The van der Waals surface area contributed by atoms with E-state index in [1.54, 1.807) is 11.2 Å². The molecule has 0 spiro atoms. The molecule has 0 aliphatic carbocycles. The number of carbonyl (C=O) groups excluding carboxylic acids is 1. The van der Waals surface area contributed by atoms with Crippen LogP contribution in [0.3, 0.4) is 0 Å². The summed E-state index contributed by atoms with van der Waals surface area (Å²) in [6, 6.07) is 0.757. The molecule has 1 amide bonds. The molecular weight excluding hydrogens is 340 g/mol. The lowest BCUT2D eigenvalue weighted by Gasteiger charge is -2.56. The second-order valence-electron chi connectivity index (χ2n) is 8.45. The summed E-state index contributed by atoms with van der Waals surface area (Å²) >= 11 is 0. The molecule has 0 unspecified atom stereocenters. The molecule has 8 heteroatoms. The first-order valence-electron chi connectivity index (χ1n) is 9.29. The van der Waals surface area contributed by atoms with Gasteiger partial charge in [-0.25, -0.2) is 8.42 Å². The molecule has 3 aliphatic heterocycles. The maximum atomic E-state index is 12.1. The Labute approximate surface area is 152 Å². The summed E-state index contributed by atoms with van der Waals surface area (Å²) in [6.07, 6.45) is 3.35. The Morgan fingerprint density at radius 1 is 1.00 bits per heavy atom. The van der Waals surface area contributed by atoms with Crippen LogP contribution in [0.15, 0.2) is 0 Å². The number of carbonyl (C=O) groups is 1. The average Bonchev–Trinajstić information content (AvgIpc) is 2.53. The maximum absolute atomic E-state index is 12.1. The molecule has 25 heavy (non-hydrogen) atoms. The normalized spacial score (nSPS) is 30.2. The van der Waals surface area contributed by atoms with Crippen LogP contribution in [0.1, 0.15) is 33.6 Å². The third-order valence-corrected chi connectivity index (χ3v) is 7.38. The third kappa shape index (κ3) is 4.02. The highest BCUT2D eigenvalue weighted by Gasteiger charge is 2.45. The van der Waals surface area contributed by atoms with Crippen LogP contribution in [-0.2, 0) is 14.8 Å². The van der Waals surface area contributed by atoms with Crippen LogP contribution >= 0.6 is 0 Å². The van der Waals surface area contributed by atoms with E-state index in [9.17, 15) is 13.2 Å². The lowest BCUT2D eigenvalue weighted by atomic mass is 9.92. The molecule has 0 saturated carbocycles. The second-order valence-corrected chi connectivity index (χ2v) is 10.4. The summed E-state index contributed by atoms with van der Waals surface area (Å²) in [4.78, 5) is 18.5. The fourth-order valence-electron chi connectivity index (χ4n) is 4.78. The number of nitrogens with zero attached hydrogens (tertiary/aromatic N) is 4. The Kier molecular flexibility index (Phi) is 5.18. The van der Waals surface area contributed by atoms with Gasteiger partial charge in [-0.15, -0.1) is 0 Å². The second kappa shape index (κ2) is 6.79. The minimum absolute atomic E-state index is 0.129. The van der Waals surface area contributed by atoms with Gasteiger partial charge in [0.15, 0.2) is 0 Å². The van der Waals surface area contributed by atoms with Crippen LogP contribution in [-0.4, -0.2) is 103 Å². The number of piperazine rings is 2. The summed E-state index contributed by atoms with van der Waals surface area (Å²) < 4.78 is 25.8. The van der Waals surface area contributed by atoms with Crippen LogP contribution in [0.25, 0.3) is 0 Å². The molecule has 3 rings (SSSR count). The zero-order valence-corrected chi connectivity index (χ0v) is 16.8. The van der Waals surface area contributed by atoms with Crippen molar-refractivity contribution in [2.45, 2.75) is 51.2 Å². The summed E-state index contributed by atoms with van der Waals surface area (Å²) in [5, 5.41) is 0. The van der Waals surface area contributed by atoms with Gasteiger partial charge in [-0.1, -0.05) is 0 Å². The van der Waals surface area contributed by atoms with E-state index in [0.29, 0.717) is 19.1 Å². The van der Waals surface area contributed by atoms with E-state index in [4.69, 9.17) is 0 Å². The van der Waals surface area contributed by atoms with Gasteiger partial charge in [0, 0.05) is 70.4 Å². The quantitative estimate of drug-likeness (QED) is 0.685. The van der Waals surface area contributed by atoms with Crippen molar-refractivity contribution < 1.29 is 13.2 Å². The van der Waals surface area contributed by atoms with Gasteiger partial charge in [-0.3, -0.25) is 14.6 Å². The molecule has 0 aromatic heterocycles. The van der Waals surface area contributed by atoms with Crippen molar-refractivity contribution in [2.24, 2.45) is 0 Å². The molecule has 3 heterocycles. The van der Waals surface area contributed by atoms with Crippen molar-refractivity contribution in [2.75, 3.05) is 52.1 Å². The highest BCUT2D eigenvalue weighted by atomic mass is 32.2. The molecular formula is C17H32N4O3S. The molecule has 0 bridgehead atoms. The smallest absolute Gasteiger partial charge is 0.219 e. The van der Waals surface area contributed by atoms with Crippen molar-refractivity contribution in [3.05, 3.63) is 0 Å². The van der Waals surface area contributed by atoms with E-state index >= 15 is 0 Å². The van der Waals surface area contributed by atoms with Gasteiger partial charge in [0.2, 0.25) is 15.9 Å². The van der Waals surface area contributed by atoms with Crippen molar-refractivity contribution in [3.63, 3.8) is 0 Å². The van der Waals surface area contributed by atoms with E-state index in [2.05, 4.69) is 23.6 Å². The summed E-state index contributed by atoms with van der Waals surface area (Å²) in [7, 11) is -3.16.